The second kappa shape index (κ2) is 7.01. The van der Waals surface area contributed by atoms with Crippen molar-refractivity contribution in [3.05, 3.63) is 53.8 Å². The Morgan fingerprint density at radius 1 is 1.12 bits per heavy atom. The average molecular weight is 332 g/mol. The van der Waals surface area contributed by atoms with Crippen LogP contribution in [-0.4, -0.2) is 23.8 Å². The highest BCUT2D eigenvalue weighted by Gasteiger charge is 2.25. The van der Waals surface area contributed by atoms with Crippen LogP contribution < -0.4 is 4.74 Å². The van der Waals surface area contributed by atoms with Crippen LogP contribution in [0.25, 0.3) is 11.1 Å². The van der Waals surface area contributed by atoms with E-state index in [1.54, 1.807) is 52.1 Å². The zero-order valence-corrected chi connectivity index (χ0v) is 14.2. The minimum Gasteiger partial charge on any atom is -0.497 e. The highest BCUT2D eigenvalue weighted by Crippen LogP contribution is 2.28. The summed E-state index contributed by atoms with van der Waals surface area (Å²) in [6.45, 7) is 5.14. The number of carbonyl (C=O) groups is 1. The van der Waals surface area contributed by atoms with E-state index in [1.165, 1.54) is 18.2 Å². The summed E-state index contributed by atoms with van der Waals surface area (Å²) >= 11 is 0. The molecule has 24 heavy (non-hydrogen) atoms. The number of aliphatic hydroxyl groups is 1. The number of halogens is 1. The first-order chi connectivity index (χ1) is 11.2. The van der Waals surface area contributed by atoms with Crippen molar-refractivity contribution in [3.8, 4) is 16.9 Å². The smallest absolute Gasteiger partial charge is 0.340 e. The molecule has 0 spiro atoms. The number of aliphatic hydroxyl groups excluding tert-OH is 1. The van der Waals surface area contributed by atoms with Gasteiger partial charge in [-0.1, -0.05) is 18.2 Å². The van der Waals surface area contributed by atoms with E-state index < -0.39 is 23.5 Å². The molecule has 0 aliphatic carbocycles. The van der Waals surface area contributed by atoms with Crippen molar-refractivity contribution >= 4 is 5.97 Å². The Morgan fingerprint density at radius 3 is 2.29 bits per heavy atom. The van der Waals surface area contributed by atoms with Crippen LogP contribution in [0.5, 0.6) is 5.75 Å². The topological polar surface area (TPSA) is 55.8 Å². The van der Waals surface area contributed by atoms with E-state index in [9.17, 15) is 14.3 Å². The molecule has 0 fully saturated rings. The van der Waals surface area contributed by atoms with Gasteiger partial charge >= 0.3 is 5.97 Å². The van der Waals surface area contributed by atoms with Crippen LogP contribution in [0.1, 0.15) is 32.4 Å². The third kappa shape index (κ3) is 4.32. The van der Waals surface area contributed by atoms with Crippen molar-refractivity contribution < 1.29 is 23.8 Å². The van der Waals surface area contributed by atoms with Crippen molar-refractivity contribution in [2.45, 2.75) is 32.5 Å². The molecule has 2 aromatic carbocycles. The van der Waals surface area contributed by atoms with Gasteiger partial charge in [0, 0.05) is 5.56 Å². The summed E-state index contributed by atoms with van der Waals surface area (Å²) in [4.78, 5) is 12.0. The zero-order valence-electron chi connectivity index (χ0n) is 14.2. The highest BCUT2D eigenvalue weighted by molar-refractivity contribution is 5.78. The maximum absolute atomic E-state index is 14.1. The minimum atomic E-state index is -1.47. The van der Waals surface area contributed by atoms with Crippen LogP contribution in [0.3, 0.4) is 0 Å². The Morgan fingerprint density at radius 2 is 1.75 bits per heavy atom. The van der Waals surface area contributed by atoms with Crippen molar-refractivity contribution in [3.63, 3.8) is 0 Å². The van der Waals surface area contributed by atoms with Crippen LogP contribution >= 0.6 is 0 Å². The summed E-state index contributed by atoms with van der Waals surface area (Å²) in [5.74, 6) is -0.556. The summed E-state index contributed by atoms with van der Waals surface area (Å²) in [5, 5.41) is 10.2. The van der Waals surface area contributed by atoms with Gasteiger partial charge in [-0.3, -0.25) is 0 Å². The third-order valence-electron chi connectivity index (χ3n) is 3.34. The fourth-order valence-electron chi connectivity index (χ4n) is 2.20. The Balaban J connectivity index is 2.32. The molecular formula is C19H21FO4. The average Bonchev–Trinajstić information content (AvgIpc) is 2.53. The van der Waals surface area contributed by atoms with Crippen LogP contribution in [0.2, 0.25) is 0 Å². The first-order valence-electron chi connectivity index (χ1n) is 7.56. The second-order valence-electron chi connectivity index (χ2n) is 6.40. The molecule has 0 saturated carbocycles. The first kappa shape index (κ1) is 17.9. The molecular weight excluding hydrogens is 311 g/mol. The molecule has 0 aliphatic heterocycles. The van der Waals surface area contributed by atoms with Gasteiger partial charge < -0.3 is 14.6 Å². The van der Waals surface area contributed by atoms with E-state index in [0.717, 1.165) is 0 Å². The van der Waals surface area contributed by atoms with Gasteiger partial charge in [0.1, 0.15) is 17.2 Å². The summed E-state index contributed by atoms with van der Waals surface area (Å²) in [7, 11) is 1.55. The SMILES string of the molecule is COc1ccc(-c2cc(C(O)C(=O)OC(C)(C)C)ccc2F)cc1. The number of carbonyl (C=O) groups excluding carboxylic acids is 1. The van der Waals surface area contributed by atoms with Crippen LogP contribution in [-0.2, 0) is 9.53 Å². The van der Waals surface area contributed by atoms with Crippen LogP contribution in [0, 0.1) is 5.82 Å². The number of ether oxygens (including phenoxy) is 2. The lowest BCUT2D eigenvalue weighted by molar-refractivity contribution is -0.165. The Labute approximate surface area is 140 Å². The monoisotopic (exact) mass is 332 g/mol. The van der Waals surface area contributed by atoms with Crippen molar-refractivity contribution in [2.24, 2.45) is 0 Å². The molecule has 0 bridgehead atoms. The molecule has 0 aliphatic rings. The van der Waals surface area contributed by atoms with E-state index in [4.69, 9.17) is 9.47 Å². The van der Waals surface area contributed by atoms with Crippen LogP contribution in [0.4, 0.5) is 4.39 Å². The number of esters is 1. The molecule has 0 saturated heterocycles. The summed E-state index contributed by atoms with van der Waals surface area (Å²) < 4.78 is 24.4. The summed E-state index contributed by atoms with van der Waals surface area (Å²) in [5.41, 5.74) is 0.470. The number of benzene rings is 2. The molecule has 2 rings (SSSR count). The molecule has 2 aromatic rings. The van der Waals surface area contributed by atoms with Gasteiger partial charge in [-0.05, 0) is 56.2 Å². The third-order valence-corrected chi connectivity index (χ3v) is 3.34. The number of hydrogen-bond acceptors (Lipinski definition) is 4. The van der Waals surface area contributed by atoms with Gasteiger partial charge in [-0.25, -0.2) is 9.18 Å². The Hall–Kier alpha value is -2.40. The molecule has 0 amide bonds. The quantitative estimate of drug-likeness (QED) is 0.864. The molecule has 1 atom stereocenters. The van der Waals surface area contributed by atoms with E-state index >= 15 is 0 Å². The molecule has 1 N–H and O–H groups in total. The summed E-state index contributed by atoms with van der Waals surface area (Å²) in [6.07, 6.45) is -1.47. The standard InChI is InChI=1S/C19H21FO4/c1-19(2,3)24-18(22)17(21)13-7-10-16(20)15(11-13)12-5-8-14(23-4)9-6-12/h5-11,17,21H,1-4H3. The number of rotatable bonds is 4. The molecule has 0 aromatic heterocycles. The molecule has 1 unspecified atom stereocenters. The molecule has 128 valence electrons. The second-order valence-corrected chi connectivity index (χ2v) is 6.40. The maximum Gasteiger partial charge on any atom is 0.340 e. The Bertz CT molecular complexity index is 717. The lowest BCUT2D eigenvalue weighted by Crippen LogP contribution is -2.27. The Kier molecular flexibility index (Phi) is 5.24. The first-order valence-corrected chi connectivity index (χ1v) is 7.56. The predicted octanol–water partition coefficient (Wildman–Crippen LogP) is 3.88. The van der Waals surface area contributed by atoms with E-state index in [2.05, 4.69) is 0 Å². The van der Waals surface area contributed by atoms with Crippen molar-refractivity contribution in [1.29, 1.82) is 0 Å². The lowest BCUT2D eigenvalue weighted by Gasteiger charge is -2.22. The van der Waals surface area contributed by atoms with E-state index in [-0.39, 0.29) is 11.1 Å². The minimum absolute atomic E-state index is 0.275. The molecule has 0 radical (unpaired) electrons. The van der Waals surface area contributed by atoms with Crippen molar-refractivity contribution in [2.75, 3.05) is 7.11 Å². The number of hydrogen-bond donors (Lipinski definition) is 1. The van der Waals surface area contributed by atoms with E-state index in [0.29, 0.717) is 11.3 Å². The van der Waals surface area contributed by atoms with Gasteiger partial charge in [0.2, 0.25) is 0 Å². The van der Waals surface area contributed by atoms with Crippen molar-refractivity contribution in [1.82, 2.24) is 0 Å². The fourth-order valence-corrected chi connectivity index (χ4v) is 2.20. The number of methoxy groups -OCH3 is 1. The van der Waals surface area contributed by atoms with Gasteiger partial charge in [-0.2, -0.15) is 0 Å². The lowest BCUT2D eigenvalue weighted by atomic mass is 9.99. The van der Waals surface area contributed by atoms with Gasteiger partial charge in [0.15, 0.2) is 6.10 Å². The van der Waals surface area contributed by atoms with E-state index in [1.807, 2.05) is 0 Å². The zero-order chi connectivity index (χ0) is 17.9. The molecule has 5 heteroatoms. The highest BCUT2D eigenvalue weighted by atomic mass is 19.1. The fraction of sp³-hybridized carbons (Fsp3) is 0.316. The van der Waals surface area contributed by atoms with Gasteiger partial charge in [0.25, 0.3) is 0 Å². The van der Waals surface area contributed by atoms with Crippen LogP contribution in [0.15, 0.2) is 42.5 Å². The van der Waals surface area contributed by atoms with Gasteiger partial charge in [-0.15, -0.1) is 0 Å². The normalized spacial score (nSPS) is 12.6. The largest absolute Gasteiger partial charge is 0.497 e. The van der Waals surface area contributed by atoms with Gasteiger partial charge in [0.05, 0.1) is 7.11 Å². The maximum atomic E-state index is 14.1. The summed E-state index contributed by atoms with van der Waals surface area (Å²) in [6, 6.07) is 10.9. The predicted molar refractivity (Wildman–Crippen MR) is 89.2 cm³/mol. The molecule has 0 heterocycles. The molecule has 4 nitrogen and oxygen atoms in total.